The van der Waals surface area contributed by atoms with Gasteiger partial charge in [0.05, 0.1) is 23.0 Å². The molecule has 0 unspecified atom stereocenters. The lowest BCUT2D eigenvalue weighted by Crippen LogP contribution is -1.97. The number of hydrogen-bond acceptors (Lipinski definition) is 2. The maximum absolute atomic E-state index is 8.90. The minimum atomic E-state index is -0.0708. The molecule has 0 saturated carbocycles. The predicted molar refractivity (Wildman–Crippen MR) is 62.2 cm³/mol. The fourth-order valence-corrected chi connectivity index (χ4v) is 1.79. The number of aliphatic hydroxyl groups is 1. The molecule has 0 aliphatic rings. The van der Waals surface area contributed by atoms with Gasteiger partial charge in [-0.15, -0.1) is 0 Å². The maximum atomic E-state index is 8.90. The van der Waals surface area contributed by atoms with Gasteiger partial charge in [0, 0.05) is 10.7 Å². The molecule has 1 N–H and O–H groups in total. The molecule has 3 nitrogen and oxygen atoms in total. The highest BCUT2D eigenvalue weighted by atomic mass is 79.9. The lowest BCUT2D eigenvalue weighted by atomic mass is 10.3. The van der Waals surface area contributed by atoms with Crippen LogP contribution in [0.3, 0.4) is 0 Å². The number of hydrogen-bond donors (Lipinski definition) is 1. The van der Waals surface area contributed by atoms with Crippen molar-refractivity contribution in [3.63, 3.8) is 0 Å². The fraction of sp³-hybridized carbons (Fsp3) is 0.100. The van der Waals surface area contributed by atoms with Gasteiger partial charge in [-0.2, -0.15) is 5.10 Å². The van der Waals surface area contributed by atoms with Gasteiger partial charge in [-0.1, -0.05) is 27.5 Å². The van der Waals surface area contributed by atoms with Gasteiger partial charge in [-0.3, -0.25) is 0 Å². The van der Waals surface area contributed by atoms with E-state index in [1.807, 2.05) is 12.1 Å². The van der Waals surface area contributed by atoms with Crippen molar-refractivity contribution in [1.29, 1.82) is 0 Å². The van der Waals surface area contributed by atoms with Crippen molar-refractivity contribution in [1.82, 2.24) is 9.78 Å². The average molecular weight is 288 g/mol. The highest BCUT2D eigenvalue weighted by Crippen LogP contribution is 2.24. The average Bonchev–Trinajstić information content (AvgIpc) is 2.70. The van der Waals surface area contributed by atoms with Gasteiger partial charge in [0.1, 0.15) is 0 Å². The Morgan fingerprint density at radius 3 is 2.87 bits per heavy atom. The standard InChI is InChI=1S/C10H8BrClN2O/c11-7-1-2-9(12)10(5-7)14-4-3-8(6-15)13-14/h1-5,15H,6H2. The molecule has 5 heteroatoms. The Bertz CT molecular complexity index is 484. The minimum Gasteiger partial charge on any atom is -0.390 e. The molecular weight excluding hydrogens is 279 g/mol. The van der Waals surface area contributed by atoms with E-state index in [2.05, 4.69) is 21.0 Å². The summed E-state index contributed by atoms with van der Waals surface area (Å²) in [5.41, 5.74) is 1.40. The Kier molecular flexibility index (Phi) is 3.09. The largest absolute Gasteiger partial charge is 0.390 e. The van der Waals surface area contributed by atoms with Crippen LogP contribution in [0.15, 0.2) is 34.9 Å². The normalized spacial score (nSPS) is 10.6. The van der Waals surface area contributed by atoms with Crippen LogP contribution in [0.1, 0.15) is 5.69 Å². The second kappa shape index (κ2) is 4.35. The molecule has 1 aromatic carbocycles. The van der Waals surface area contributed by atoms with Gasteiger partial charge in [0.15, 0.2) is 0 Å². The van der Waals surface area contributed by atoms with E-state index >= 15 is 0 Å². The molecule has 1 heterocycles. The van der Waals surface area contributed by atoms with E-state index in [0.717, 1.165) is 10.2 Å². The van der Waals surface area contributed by atoms with E-state index in [-0.39, 0.29) is 6.61 Å². The van der Waals surface area contributed by atoms with Gasteiger partial charge in [0.2, 0.25) is 0 Å². The molecule has 78 valence electrons. The zero-order valence-electron chi connectivity index (χ0n) is 7.69. The van der Waals surface area contributed by atoms with Crippen molar-refractivity contribution in [2.24, 2.45) is 0 Å². The quantitative estimate of drug-likeness (QED) is 0.922. The van der Waals surface area contributed by atoms with Crippen LogP contribution in [0.5, 0.6) is 0 Å². The number of aliphatic hydroxyl groups excluding tert-OH is 1. The first-order valence-electron chi connectivity index (χ1n) is 4.31. The number of halogens is 2. The molecule has 0 aliphatic carbocycles. The number of rotatable bonds is 2. The third-order valence-corrected chi connectivity index (χ3v) is 2.77. The first kappa shape index (κ1) is 10.7. The fourth-order valence-electron chi connectivity index (χ4n) is 1.24. The van der Waals surface area contributed by atoms with Crippen LogP contribution in [0.4, 0.5) is 0 Å². The van der Waals surface area contributed by atoms with Crippen molar-refractivity contribution < 1.29 is 5.11 Å². The Balaban J connectivity index is 2.48. The first-order chi connectivity index (χ1) is 7.20. The van der Waals surface area contributed by atoms with E-state index in [1.54, 1.807) is 23.0 Å². The molecule has 0 aliphatic heterocycles. The Morgan fingerprint density at radius 2 is 2.20 bits per heavy atom. The van der Waals surface area contributed by atoms with Crippen LogP contribution in [0.25, 0.3) is 5.69 Å². The predicted octanol–water partition coefficient (Wildman–Crippen LogP) is 2.78. The van der Waals surface area contributed by atoms with Crippen molar-refractivity contribution in [2.75, 3.05) is 0 Å². The SMILES string of the molecule is OCc1ccn(-c2cc(Br)ccc2Cl)n1. The van der Waals surface area contributed by atoms with Crippen LogP contribution < -0.4 is 0 Å². The van der Waals surface area contributed by atoms with Gasteiger partial charge in [-0.25, -0.2) is 4.68 Å². The summed E-state index contributed by atoms with van der Waals surface area (Å²) >= 11 is 9.41. The molecule has 2 rings (SSSR count). The van der Waals surface area contributed by atoms with E-state index < -0.39 is 0 Å². The highest BCUT2D eigenvalue weighted by molar-refractivity contribution is 9.10. The molecule has 0 radical (unpaired) electrons. The topological polar surface area (TPSA) is 38.0 Å². The molecule has 15 heavy (non-hydrogen) atoms. The zero-order chi connectivity index (χ0) is 10.8. The molecule has 0 bridgehead atoms. The summed E-state index contributed by atoms with van der Waals surface area (Å²) in [5, 5.41) is 13.7. The molecule has 0 saturated heterocycles. The lowest BCUT2D eigenvalue weighted by Gasteiger charge is -2.04. The first-order valence-corrected chi connectivity index (χ1v) is 5.48. The van der Waals surface area contributed by atoms with Crippen LogP contribution in [-0.4, -0.2) is 14.9 Å². The molecule has 0 fully saturated rings. The third-order valence-electron chi connectivity index (χ3n) is 1.96. The van der Waals surface area contributed by atoms with Crippen molar-refractivity contribution >= 4 is 27.5 Å². The van der Waals surface area contributed by atoms with Gasteiger partial charge >= 0.3 is 0 Å². The summed E-state index contributed by atoms with van der Waals surface area (Å²) in [7, 11) is 0. The molecule has 2 aromatic rings. The maximum Gasteiger partial charge on any atom is 0.0883 e. The van der Waals surface area contributed by atoms with Gasteiger partial charge in [-0.05, 0) is 24.3 Å². The monoisotopic (exact) mass is 286 g/mol. The second-order valence-electron chi connectivity index (χ2n) is 3.01. The second-order valence-corrected chi connectivity index (χ2v) is 4.33. The number of benzene rings is 1. The van der Waals surface area contributed by atoms with Crippen molar-refractivity contribution in [3.05, 3.63) is 45.7 Å². The van der Waals surface area contributed by atoms with Crippen LogP contribution in [0, 0.1) is 0 Å². The van der Waals surface area contributed by atoms with Crippen molar-refractivity contribution in [3.8, 4) is 5.69 Å². The lowest BCUT2D eigenvalue weighted by molar-refractivity contribution is 0.276. The van der Waals surface area contributed by atoms with E-state index in [1.165, 1.54) is 0 Å². The van der Waals surface area contributed by atoms with Crippen LogP contribution >= 0.6 is 27.5 Å². The summed E-state index contributed by atoms with van der Waals surface area (Å²) < 4.78 is 2.57. The van der Waals surface area contributed by atoms with Gasteiger partial charge in [0.25, 0.3) is 0 Å². The van der Waals surface area contributed by atoms with E-state index in [9.17, 15) is 0 Å². The summed E-state index contributed by atoms with van der Waals surface area (Å²) in [4.78, 5) is 0. The Labute approximate surface area is 100 Å². The number of aromatic nitrogens is 2. The Morgan fingerprint density at radius 1 is 1.40 bits per heavy atom. The van der Waals surface area contributed by atoms with E-state index in [4.69, 9.17) is 16.7 Å². The van der Waals surface area contributed by atoms with Crippen LogP contribution in [-0.2, 0) is 6.61 Å². The summed E-state index contributed by atoms with van der Waals surface area (Å²) in [6.45, 7) is -0.0708. The molecular formula is C10H8BrClN2O. The zero-order valence-corrected chi connectivity index (χ0v) is 10.0. The molecule has 1 aromatic heterocycles. The Hall–Kier alpha value is -0.840. The summed E-state index contributed by atoms with van der Waals surface area (Å²) in [6.07, 6.45) is 1.76. The van der Waals surface area contributed by atoms with Gasteiger partial charge < -0.3 is 5.11 Å². The molecule has 0 spiro atoms. The van der Waals surface area contributed by atoms with E-state index in [0.29, 0.717) is 10.7 Å². The third kappa shape index (κ3) is 2.22. The minimum absolute atomic E-state index is 0.0708. The van der Waals surface area contributed by atoms with Crippen LogP contribution in [0.2, 0.25) is 5.02 Å². The number of nitrogens with zero attached hydrogens (tertiary/aromatic N) is 2. The highest BCUT2D eigenvalue weighted by Gasteiger charge is 2.05. The summed E-state index contributed by atoms with van der Waals surface area (Å²) in [6, 6.07) is 7.28. The molecule has 0 amide bonds. The summed E-state index contributed by atoms with van der Waals surface area (Å²) in [5.74, 6) is 0. The molecule has 0 atom stereocenters. The smallest absolute Gasteiger partial charge is 0.0883 e. The van der Waals surface area contributed by atoms with Crippen molar-refractivity contribution in [2.45, 2.75) is 6.61 Å².